The number of hydrogen-bond acceptors (Lipinski definition) is 3. The SMILES string of the molecule is c1ccc(-c2ccccc2-c2cccc(-c3cccc(-c4nc(-c5ccccc5)c5c(ccc6c7ccccc7oc65)n4)c3)c2)cc1. The summed E-state index contributed by atoms with van der Waals surface area (Å²) in [5.74, 6) is 0.680. The van der Waals surface area contributed by atoms with Gasteiger partial charge < -0.3 is 4.42 Å². The van der Waals surface area contributed by atoms with Crippen LogP contribution >= 0.6 is 0 Å². The van der Waals surface area contributed by atoms with Crippen molar-refractivity contribution in [2.45, 2.75) is 0 Å². The third-order valence-electron chi connectivity index (χ3n) is 8.89. The van der Waals surface area contributed by atoms with Gasteiger partial charge in [0.05, 0.1) is 16.6 Å². The highest BCUT2D eigenvalue weighted by atomic mass is 16.3. The van der Waals surface area contributed by atoms with Crippen LogP contribution in [0.25, 0.3) is 88.9 Å². The van der Waals surface area contributed by atoms with E-state index >= 15 is 0 Å². The Morgan fingerprint density at radius 3 is 1.72 bits per heavy atom. The van der Waals surface area contributed by atoms with Crippen molar-refractivity contribution in [2.24, 2.45) is 0 Å². The summed E-state index contributed by atoms with van der Waals surface area (Å²) in [5, 5.41) is 3.08. The average Bonchev–Trinajstić information content (AvgIpc) is 3.54. The van der Waals surface area contributed by atoms with Crippen LogP contribution in [0.2, 0.25) is 0 Å². The smallest absolute Gasteiger partial charge is 0.160 e. The molecule has 0 unspecified atom stereocenters. The Morgan fingerprint density at radius 2 is 0.957 bits per heavy atom. The zero-order chi connectivity index (χ0) is 31.2. The maximum absolute atomic E-state index is 6.45. The van der Waals surface area contributed by atoms with Gasteiger partial charge >= 0.3 is 0 Å². The molecule has 9 aromatic rings. The molecule has 220 valence electrons. The molecule has 0 spiro atoms. The summed E-state index contributed by atoms with van der Waals surface area (Å²) in [6.07, 6.45) is 0. The van der Waals surface area contributed by atoms with Crippen LogP contribution in [0.3, 0.4) is 0 Å². The van der Waals surface area contributed by atoms with E-state index in [-0.39, 0.29) is 0 Å². The summed E-state index contributed by atoms with van der Waals surface area (Å²) in [6, 6.07) is 59.2. The minimum absolute atomic E-state index is 0.680. The quantitative estimate of drug-likeness (QED) is 0.197. The Labute approximate surface area is 272 Å². The summed E-state index contributed by atoms with van der Waals surface area (Å²) >= 11 is 0. The molecule has 0 fully saturated rings. The molecule has 0 saturated carbocycles. The van der Waals surface area contributed by atoms with Crippen molar-refractivity contribution in [3.63, 3.8) is 0 Å². The monoisotopic (exact) mass is 600 g/mol. The van der Waals surface area contributed by atoms with Crippen LogP contribution < -0.4 is 0 Å². The standard InChI is InChI=1S/C44H28N2O/c1-3-13-29(14-4-1)35-21-7-8-22-36(35)33-19-11-17-31(27-33)32-18-12-20-34(28-32)44-45-39-26-25-38-37-23-9-10-24-40(37)47-43(38)41(39)42(46-44)30-15-5-2-6-16-30/h1-28H. The second-order valence-electron chi connectivity index (χ2n) is 11.8. The Hall–Kier alpha value is -6.32. The fourth-order valence-corrected chi connectivity index (χ4v) is 6.64. The maximum Gasteiger partial charge on any atom is 0.160 e. The van der Waals surface area contributed by atoms with Crippen molar-refractivity contribution in [1.29, 1.82) is 0 Å². The first-order chi connectivity index (χ1) is 23.3. The van der Waals surface area contributed by atoms with E-state index in [9.17, 15) is 0 Å². The van der Waals surface area contributed by atoms with E-state index in [0.29, 0.717) is 5.82 Å². The molecule has 0 amide bonds. The molecule has 0 aliphatic heterocycles. The summed E-state index contributed by atoms with van der Waals surface area (Å²) in [5.41, 5.74) is 12.4. The van der Waals surface area contributed by atoms with Gasteiger partial charge in [0, 0.05) is 21.9 Å². The van der Waals surface area contributed by atoms with E-state index in [0.717, 1.165) is 60.8 Å². The largest absolute Gasteiger partial charge is 0.455 e. The van der Waals surface area contributed by atoms with Crippen LogP contribution in [0.1, 0.15) is 0 Å². The Balaban J connectivity index is 1.18. The summed E-state index contributed by atoms with van der Waals surface area (Å²) in [6.45, 7) is 0. The van der Waals surface area contributed by atoms with Gasteiger partial charge in [-0.15, -0.1) is 0 Å². The predicted octanol–water partition coefficient (Wildman–Crippen LogP) is 11.9. The van der Waals surface area contributed by atoms with Crippen LogP contribution in [-0.4, -0.2) is 9.97 Å². The number of aromatic nitrogens is 2. The third kappa shape index (κ3) is 4.77. The fourth-order valence-electron chi connectivity index (χ4n) is 6.64. The zero-order valence-electron chi connectivity index (χ0n) is 25.5. The molecular formula is C44H28N2O. The summed E-state index contributed by atoms with van der Waals surface area (Å²) in [7, 11) is 0. The fraction of sp³-hybridized carbons (Fsp3) is 0. The molecule has 0 radical (unpaired) electrons. The Morgan fingerprint density at radius 1 is 0.383 bits per heavy atom. The van der Waals surface area contributed by atoms with Crippen LogP contribution in [0, 0.1) is 0 Å². The van der Waals surface area contributed by atoms with Crippen molar-refractivity contribution < 1.29 is 4.42 Å². The molecule has 0 aliphatic rings. The highest BCUT2D eigenvalue weighted by molar-refractivity contribution is 6.17. The van der Waals surface area contributed by atoms with Gasteiger partial charge in [-0.25, -0.2) is 9.97 Å². The Kier molecular flexibility index (Phi) is 6.46. The molecule has 2 heterocycles. The predicted molar refractivity (Wildman–Crippen MR) is 194 cm³/mol. The van der Waals surface area contributed by atoms with Crippen LogP contribution in [0.5, 0.6) is 0 Å². The van der Waals surface area contributed by atoms with Crippen molar-refractivity contribution >= 4 is 32.8 Å². The van der Waals surface area contributed by atoms with E-state index in [1.165, 1.54) is 22.3 Å². The number of rotatable bonds is 5. The highest BCUT2D eigenvalue weighted by Gasteiger charge is 2.18. The molecule has 7 aromatic carbocycles. The molecule has 3 heteroatoms. The van der Waals surface area contributed by atoms with Crippen molar-refractivity contribution in [1.82, 2.24) is 9.97 Å². The van der Waals surface area contributed by atoms with Crippen LogP contribution in [0.15, 0.2) is 174 Å². The minimum Gasteiger partial charge on any atom is -0.455 e. The lowest BCUT2D eigenvalue weighted by Crippen LogP contribution is -1.96. The second-order valence-corrected chi connectivity index (χ2v) is 11.8. The molecule has 0 bridgehead atoms. The molecule has 2 aromatic heterocycles. The van der Waals surface area contributed by atoms with Gasteiger partial charge in [-0.1, -0.05) is 140 Å². The molecule has 0 atom stereocenters. The van der Waals surface area contributed by atoms with Crippen LogP contribution in [-0.2, 0) is 0 Å². The van der Waals surface area contributed by atoms with E-state index in [1.807, 2.05) is 36.4 Å². The Bertz CT molecular complexity index is 2570. The number of furan rings is 1. The first-order valence-corrected chi connectivity index (χ1v) is 15.8. The first kappa shape index (κ1) is 27.0. The van der Waals surface area contributed by atoms with E-state index in [4.69, 9.17) is 14.4 Å². The maximum atomic E-state index is 6.45. The van der Waals surface area contributed by atoms with Gasteiger partial charge in [-0.2, -0.15) is 0 Å². The van der Waals surface area contributed by atoms with Gasteiger partial charge in [-0.05, 0) is 63.7 Å². The van der Waals surface area contributed by atoms with Gasteiger partial charge in [0.2, 0.25) is 0 Å². The molecule has 47 heavy (non-hydrogen) atoms. The zero-order valence-corrected chi connectivity index (χ0v) is 25.5. The molecule has 3 nitrogen and oxygen atoms in total. The average molecular weight is 601 g/mol. The van der Waals surface area contributed by atoms with E-state index < -0.39 is 0 Å². The molecule has 0 aliphatic carbocycles. The molecule has 0 N–H and O–H groups in total. The van der Waals surface area contributed by atoms with Crippen molar-refractivity contribution in [3.05, 3.63) is 170 Å². The van der Waals surface area contributed by atoms with Crippen molar-refractivity contribution in [2.75, 3.05) is 0 Å². The summed E-state index contributed by atoms with van der Waals surface area (Å²) < 4.78 is 6.45. The lowest BCUT2D eigenvalue weighted by molar-refractivity contribution is 0.672. The number of para-hydroxylation sites is 1. The third-order valence-corrected chi connectivity index (χ3v) is 8.89. The molecule has 9 rings (SSSR count). The highest BCUT2D eigenvalue weighted by Crippen LogP contribution is 2.39. The van der Waals surface area contributed by atoms with Crippen LogP contribution in [0.4, 0.5) is 0 Å². The van der Waals surface area contributed by atoms with E-state index in [1.54, 1.807) is 0 Å². The number of hydrogen-bond donors (Lipinski definition) is 0. The molecular weight excluding hydrogens is 572 g/mol. The summed E-state index contributed by atoms with van der Waals surface area (Å²) in [4.78, 5) is 10.4. The number of fused-ring (bicyclic) bond motifs is 5. The second kappa shape index (κ2) is 11.2. The first-order valence-electron chi connectivity index (χ1n) is 15.8. The number of nitrogens with zero attached hydrogens (tertiary/aromatic N) is 2. The lowest BCUT2D eigenvalue weighted by Gasteiger charge is -2.13. The number of benzene rings is 7. The van der Waals surface area contributed by atoms with E-state index in [2.05, 4.69) is 133 Å². The van der Waals surface area contributed by atoms with Gasteiger partial charge in [0.1, 0.15) is 11.2 Å². The van der Waals surface area contributed by atoms with Gasteiger partial charge in [0.25, 0.3) is 0 Å². The molecule has 0 saturated heterocycles. The lowest BCUT2D eigenvalue weighted by atomic mass is 9.92. The van der Waals surface area contributed by atoms with Gasteiger partial charge in [0.15, 0.2) is 5.82 Å². The van der Waals surface area contributed by atoms with Gasteiger partial charge in [-0.3, -0.25) is 0 Å². The normalized spacial score (nSPS) is 11.4. The topological polar surface area (TPSA) is 38.9 Å². The minimum atomic E-state index is 0.680. The van der Waals surface area contributed by atoms with Crippen molar-refractivity contribution in [3.8, 4) is 56.0 Å².